The van der Waals surface area contributed by atoms with Gasteiger partial charge in [0.1, 0.15) is 24.1 Å². The lowest BCUT2D eigenvalue weighted by molar-refractivity contribution is 0.0303. The smallest absolute Gasteiger partial charge is 0.254 e. The van der Waals surface area contributed by atoms with Crippen LogP contribution in [0.1, 0.15) is 26.4 Å². The third-order valence-corrected chi connectivity index (χ3v) is 8.70. The van der Waals surface area contributed by atoms with E-state index in [-0.39, 0.29) is 46.4 Å². The maximum absolute atomic E-state index is 15.0. The second-order valence-corrected chi connectivity index (χ2v) is 13.5. The number of para-hydroxylation sites is 1. The van der Waals surface area contributed by atoms with Crippen LogP contribution in [0.5, 0.6) is 11.5 Å². The van der Waals surface area contributed by atoms with Crippen LogP contribution in [0.3, 0.4) is 0 Å². The van der Waals surface area contributed by atoms with Gasteiger partial charge in [-0.25, -0.2) is 9.07 Å². The van der Waals surface area contributed by atoms with E-state index in [1.54, 1.807) is 58.0 Å². The largest absolute Gasteiger partial charge is 0.454 e. The number of benzene rings is 3. The van der Waals surface area contributed by atoms with E-state index in [1.165, 1.54) is 23.0 Å². The first-order valence-electron chi connectivity index (χ1n) is 14.8. The summed E-state index contributed by atoms with van der Waals surface area (Å²) in [5.74, 6) is 0.437. The Morgan fingerprint density at radius 2 is 1.80 bits per heavy atom. The molecule has 12 heteroatoms. The van der Waals surface area contributed by atoms with Gasteiger partial charge < -0.3 is 29.4 Å². The molecule has 1 aliphatic heterocycles. The fraction of sp³-hybridized carbons (Fsp3) is 0.265. The van der Waals surface area contributed by atoms with Crippen LogP contribution in [0.25, 0.3) is 16.6 Å². The zero-order valence-electron chi connectivity index (χ0n) is 25.6. The lowest BCUT2D eigenvalue weighted by Crippen LogP contribution is -2.40. The van der Waals surface area contributed by atoms with Gasteiger partial charge in [0.2, 0.25) is 5.78 Å². The van der Waals surface area contributed by atoms with Crippen molar-refractivity contribution in [1.29, 1.82) is 0 Å². The molecule has 1 aliphatic rings. The van der Waals surface area contributed by atoms with Crippen LogP contribution in [-0.4, -0.2) is 82.1 Å². The molecule has 0 radical (unpaired) electrons. The van der Waals surface area contributed by atoms with Gasteiger partial charge >= 0.3 is 0 Å². The summed E-state index contributed by atoms with van der Waals surface area (Å²) < 4.78 is 35.2. The lowest BCUT2D eigenvalue weighted by Gasteiger charge is -2.26. The lowest BCUT2D eigenvalue weighted by atomic mass is 10.1. The predicted molar refractivity (Wildman–Crippen MR) is 177 cm³/mol. The minimum Gasteiger partial charge on any atom is -0.454 e. The van der Waals surface area contributed by atoms with E-state index < -0.39 is 5.82 Å². The highest BCUT2D eigenvalue weighted by Crippen LogP contribution is 2.29. The van der Waals surface area contributed by atoms with Gasteiger partial charge in [0.05, 0.1) is 61.0 Å². The van der Waals surface area contributed by atoms with Crippen molar-refractivity contribution in [2.45, 2.75) is 6.73 Å². The van der Waals surface area contributed by atoms with Gasteiger partial charge in [-0.1, -0.05) is 18.2 Å². The van der Waals surface area contributed by atoms with Crippen molar-refractivity contribution >= 4 is 39.3 Å². The first-order valence-corrected chi connectivity index (χ1v) is 17.0. The Morgan fingerprint density at radius 1 is 1.02 bits per heavy atom. The highest BCUT2D eigenvalue weighted by molar-refractivity contribution is 7.95. The second kappa shape index (κ2) is 13.8. The maximum Gasteiger partial charge on any atom is 0.254 e. The van der Waals surface area contributed by atoms with Crippen molar-refractivity contribution in [3.8, 4) is 17.2 Å². The maximum atomic E-state index is 15.0. The zero-order valence-corrected chi connectivity index (χ0v) is 26.5. The molecule has 1 fully saturated rings. The normalized spacial score (nSPS) is 13.4. The van der Waals surface area contributed by atoms with Crippen molar-refractivity contribution in [1.82, 2.24) is 19.2 Å². The number of aromatic nitrogens is 3. The molecule has 0 unspecified atom stereocenters. The molecule has 2 N–H and O–H groups in total. The molecule has 2 aromatic heterocycles. The molecule has 3 heterocycles. The van der Waals surface area contributed by atoms with Crippen LogP contribution in [0.4, 0.5) is 10.2 Å². The molecule has 0 bridgehead atoms. The number of morpholine rings is 1. The molecule has 46 heavy (non-hydrogen) atoms. The van der Waals surface area contributed by atoms with E-state index in [0.717, 1.165) is 16.7 Å². The highest BCUT2D eigenvalue weighted by Gasteiger charge is 2.25. The van der Waals surface area contributed by atoms with E-state index >= 15 is 4.39 Å². The molecule has 6 rings (SSSR count). The first-order chi connectivity index (χ1) is 22.3. The molecule has 0 aliphatic carbocycles. The van der Waals surface area contributed by atoms with Crippen molar-refractivity contribution < 1.29 is 28.2 Å². The van der Waals surface area contributed by atoms with Crippen LogP contribution >= 0.6 is 0 Å². The summed E-state index contributed by atoms with van der Waals surface area (Å²) >= 11 is 0. The minimum absolute atomic E-state index is 0.0472. The van der Waals surface area contributed by atoms with Gasteiger partial charge in [-0.2, -0.15) is 5.10 Å². The van der Waals surface area contributed by atoms with Gasteiger partial charge in [0.15, 0.2) is 11.6 Å². The van der Waals surface area contributed by atoms with Crippen LogP contribution < -0.4 is 10.5 Å². The number of ether oxygens (including phenoxy) is 3. The van der Waals surface area contributed by atoms with Gasteiger partial charge in [-0.05, 0) is 59.4 Å². The molecule has 10 nitrogen and oxygen atoms in total. The third kappa shape index (κ3) is 6.64. The number of carbonyl (C=O) groups is 2. The van der Waals surface area contributed by atoms with Gasteiger partial charge in [-0.3, -0.25) is 9.59 Å². The number of hydrogen-bond acceptors (Lipinski definition) is 7. The average molecular weight is 645 g/mol. The summed E-state index contributed by atoms with van der Waals surface area (Å²) in [6.45, 7) is 2.74. The van der Waals surface area contributed by atoms with Crippen LogP contribution in [0, 0.1) is 5.82 Å². The highest BCUT2D eigenvalue weighted by atomic mass is 32.2. The molecule has 0 spiro atoms. The molecular weight excluding hydrogens is 609 g/mol. The van der Waals surface area contributed by atoms with E-state index in [2.05, 4.69) is 17.6 Å². The van der Waals surface area contributed by atoms with Crippen molar-refractivity contribution in [3.05, 3.63) is 102 Å². The first kappa shape index (κ1) is 31.3. The van der Waals surface area contributed by atoms with Crippen molar-refractivity contribution in [2.24, 2.45) is 0 Å². The van der Waals surface area contributed by atoms with Crippen molar-refractivity contribution in [2.75, 3.05) is 56.9 Å². The number of fused-ring (bicyclic) bond motifs is 1. The standard InChI is InChI=1S/C34H34FN5O5S/c1-46(2)17-16-44-22-39-29-10-8-23(34(42)38-12-14-43-15-13-38)18-24(29)19-30(39)32(41)27-21-37-40(33(27)36)25-9-11-31(28(35)20-25)45-26-6-4-3-5-7-26/h3-11,18-21H,12-17,22H2,1-2H3,(H-,36,37,41)/p+1. The Balaban J connectivity index is 1.30. The Labute approximate surface area is 268 Å². The molecule has 0 saturated carbocycles. The van der Waals surface area contributed by atoms with Gasteiger partial charge in [0.25, 0.3) is 5.91 Å². The number of rotatable bonds is 11. The second-order valence-electron chi connectivity index (χ2n) is 11.1. The monoisotopic (exact) mass is 644 g/mol. The number of nitrogens with two attached hydrogens (primary N) is 1. The summed E-state index contributed by atoms with van der Waals surface area (Å²) in [6.07, 6.45) is 5.67. The number of nitrogens with zero attached hydrogens (tertiary/aromatic N) is 4. The fourth-order valence-electron chi connectivity index (χ4n) is 5.26. The molecule has 238 valence electrons. The number of anilines is 1. The Morgan fingerprint density at radius 3 is 2.54 bits per heavy atom. The minimum atomic E-state index is -0.606. The predicted octanol–water partition coefficient (Wildman–Crippen LogP) is 4.90. The molecular formula is C34H35FN5O5S+. The number of halogens is 1. The SMILES string of the molecule is C[S+](C)CCOCn1c(C(=O)c2cnn(-c3ccc(Oc4ccccc4)c(F)c3)c2N)cc2cc(C(=O)N3CCOCC3)ccc21. The summed E-state index contributed by atoms with van der Waals surface area (Å²) in [6, 6.07) is 20.4. The van der Waals surface area contributed by atoms with Crippen LogP contribution in [-0.2, 0) is 27.1 Å². The molecule has 1 saturated heterocycles. The van der Waals surface area contributed by atoms with Gasteiger partial charge in [0, 0.05) is 30.1 Å². The summed E-state index contributed by atoms with van der Waals surface area (Å²) in [4.78, 5) is 29.0. The molecule has 5 aromatic rings. The molecule has 0 atom stereocenters. The van der Waals surface area contributed by atoms with Crippen molar-refractivity contribution in [3.63, 3.8) is 0 Å². The molecule has 3 aromatic carbocycles. The number of carbonyl (C=O) groups excluding carboxylic acids is 2. The number of hydrogen-bond donors (Lipinski definition) is 1. The zero-order chi connectivity index (χ0) is 32.2. The average Bonchev–Trinajstić information content (AvgIpc) is 3.64. The van der Waals surface area contributed by atoms with E-state index in [4.69, 9.17) is 19.9 Å². The number of amides is 1. The molecule has 1 amide bonds. The van der Waals surface area contributed by atoms with Crippen LogP contribution in [0.2, 0.25) is 0 Å². The Hall–Kier alpha value is -4.65. The number of ketones is 1. The van der Waals surface area contributed by atoms with E-state index in [0.29, 0.717) is 55.6 Å². The Bertz CT molecular complexity index is 1870. The quantitative estimate of drug-likeness (QED) is 0.124. The fourth-order valence-corrected chi connectivity index (χ4v) is 5.71. The summed E-state index contributed by atoms with van der Waals surface area (Å²) in [5.41, 5.74) is 8.56. The van der Waals surface area contributed by atoms with E-state index in [9.17, 15) is 9.59 Å². The number of nitrogen functional groups attached to an aromatic ring is 1. The topological polar surface area (TPSA) is 114 Å². The summed E-state index contributed by atoms with van der Waals surface area (Å²) in [5, 5.41) is 5.04. The third-order valence-electron chi connectivity index (χ3n) is 7.72. The Kier molecular flexibility index (Phi) is 9.38. The van der Waals surface area contributed by atoms with Gasteiger partial charge in [-0.15, -0.1) is 0 Å². The van der Waals surface area contributed by atoms with Crippen LogP contribution in [0.15, 0.2) is 79.0 Å². The van der Waals surface area contributed by atoms with E-state index in [1.807, 2.05) is 12.1 Å². The summed E-state index contributed by atoms with van der Waals surface area (Å²) in [7, 11) is 0.207.